The molecule has 0 aromatic heterocycles. The van der Waals surface area contributed by atoms with E-state index in [1.807, 2.05) is 30.3 Å². The molecular weight excluding hydrogens is 282 g/mol. The van der Waals surface area contributed by atoms with Crippen LogP contribution < -0.4 is 4.74 Å². The summed E-state index contributed by atoms with van der Waals surface area (Å²) in [6, 6.07) is 12.0. The SMILES string of the molecule is Clc1ccc(OCCCN2CCCCC2)c2ccccc12. The predicted octanol–water partition coefficient (Wildman–Crippen LogP) is 4.75. The van der Waals surface area contributed by atoms with Crippen molar-refractivity contribution in [2.24, 2.45) is 0 Å². The molecule has 1 aliphatic heterocycles. The monoisotopic (exact) mass is 303 g/mol. The van der Waals surface area contributed by atoms with Crippen LogP contribution in [0.4, 0.5) is 0 Å². The van der Waals surface area contributed by atoms with E-state index in [4.69, 9.17) is 16.3 Å². The Kier molecular flexibility index (Phi) is 5.00. The summed E-state index contributed by atoms with van der Waals surface area (Å²) in [5.74, 6) is 0.939. The van der Waals surface area contributed by atoms with E-state index in [0.717, 1.165) is 41.1 Å². The smallest absolute Gasteiger partial charge is 0.127 e. The topological polar surface area (TPSA) is 12.5 Å². The van der Waals surface area contributed by atoms with Crippen LogP contribution in [0.2, 0.25) is 5.02 Å². The number of piperidine rings is 1. The lowest BCUT2D eigenvalue weighted by Crippen LogP contribution is -2.31. The summed E-state index contributed by atoms with van der Waals surface area (Å²) in [7, 11) is 0. The van der Waals surface area contributed by atoms with Crippen LogP contribution in [0.1, 0.15) is 25.7 Å². The van der Waals surface area contributed by atoms with E-state index in [1.54, 1.807) is 0 Å². The van der Waals surface area contributed by atoms with E-state index in [9.17, 15) is 0 Å². The van der Waals surface area contributed by atoms with E-state index in [2.05, 4.69) is 11.0 Å². The summed E-state index contributed by atoms with van der Waals surface area (Å²) in [6.07, 6.45) is 5.17. The first-order chi connectivity index (χ1) is 10.3. The number of hydrogen-bond acceptors (Lipinski definition) is 2. The molecule has 0 amide bonds. The number of halogens is 1. The van der Waals surface area contributed by atoms with Gasteiger partial charge in [0.25, 0.3) is 0 Å². The largest absolute Gasteiger partial charge is 0.493 e. The van der Waals surface area contributed by atoms with Crippen molar-refractivity contribution < 1.29 is 4.74 Å². The Morgan fingerprint density at radius 2 is 1.71 bits per heavy atom. The number of nitrogens with zero attached hydrogens (tertiary/aromatic N) is 1. The molecule has 0 bridgehead atoms. The molecule has 21 heavy (non-hydrogen) atoms. The Balaban J connectivity index is 1.57. The highest BCUT2D eigenvalue weighted by atomic mass is 35.5. The zero-order valence-electron chi connectivity index (χ0n) is 12.4. The molecule has 0 radical (unpaired) electrons. The summed E-state index contributed by atoms with van der Waals surface area (Å²) >= 11 is 6.23. The number of likely N-dealkylation sites (tertiary alicyclic amines) is 1. The molecular formula is C18H22ClNO. The Morgan fingerprint density at radius 3 is 2.52 bits per heavy atom. The number of ether oxygens (including phenoxy) is 1. The minimum Gasteiger partial charge on any atom is -0.493 e. The van der Waals surface area contributed by atoms with Gasteiger partial charge in [-0.2, -0.15) is 0 Å². The van der Waals surface area contributed by atoms with Crippen molar-refractivity contribution >= 4 is 22.4 Å². The zero-order chi connectivity index (χ0) is 14.5. The molecule has 0 spiro atoms. The summed E-state index contributed by atoms with van der Waals surface area (Å²) in [4.78, 5) is 2.55. The number of rotatable bonds is 5. The van der Waals surface area contributed by atoms with Gasteiger partial charge in [-0.1, -0.05) is 42.3 Å². The molecule has 0 atom stereocenters. The number of fused-ring (bicyclic) bond motifs is 1. The zero-order valence-corrected chi connectivity index (χ0v) is 13.1. The fourth-order valence-electron chi connectivity index (χ4n) is 3.01. The third-order valence-electron chi connectivity index (χ3n) is 4.16. The van der Waals surface area contributed by atoms with Crippen LogP contribution in [0.5, 0.6) is 5.75 Å². The Bertz CT molecular complexity index is 593. The molecule has 3 rings (SSSR count). The molecule has 1 heterocycles. The average molecular weight is 304 g/mol. The fraction of sp³-hybridized carbons (Fsp3) is 0.444. The number of hydrogen-bond donors (Lipinski definition) is 0. The molecule has 0 unspecified atom stereocenters. The van der Waals surface area contributed by atoms with Crippen molar-refractivity contribution in [3.63, 3.8) is 0 Å². The highest BCUT2D eigenvalue weighted by Crippen LogP contribution is 2.31. The first-order valence-corrected chi connectivity index (χ1v) is 8.25. The average Bonchev–Trinajstić information content (AvgIpc) is 2.55. The molecule has 3 heteroatoms. The van der Waals surface area contributed by atoms with Crippen molar-refractivity contribution in [3.05, 3.63) is 41.4 Å². The van der Waals surface area contributed by atoms with Crippen molar-refractivity contribution in [1.82, 2.24) is 4.90 Å². The quantitative estimate of drug-likeness (QED) is 0.739. The van der Waals surface area contributed by atoms with Gasteiger partial charge in [0.05, 0.1) is 6.61 Å². The maximum atomic E-state index is 6.23. The third-order valence-corrected chi connectivity index (χ3v) is 4.49. The van der Waals surface area contributed by atoms with Crippen LogP contribution in [0.25, 0.3) is 10.8 Å². The van der Waals surface area contributed by atoms with Crippen molar-refractivity contribution in [2.75, 3.05) is 26.2 Å². The lowest BCUT2D eigenvalue weighted by Gasteiger charge is -2.26. The van der Waals surface area contributed by atoms with E-state index < -0.39 is 0 Å². The maximum absolute atomic E-state index is 6.23. The Labute approximate surface area is 131 Å². The summed E-state index contributed by atoms with van der Waals surface area (Å²) < 4.78 is 5.98. The molecule has 0 saturated carbocycles. The van der Waals surface area contributed by atoms with E-state index in [-0.39, 0.29) is 0 Å². The van der Waals surface area contributed by atoms with Gasteiger partial charge in [0.15, 0.2) is 0 Å². The van der Waals surface area contributed by atoms with Crippen molar-refractivity contribution in [2.45, 2.75) is 25.7 Å². The normalized spacial score (nSPS) is 16.2. The second-order valence-corrected chi connectivity index (χ2v) is 6.10. The van der Waals surface area contributed by atoms with Gasteiger partial charge >= 0.3 is 0 Å². The van der Waals surface area contributed by atoms with Gasteiger partial charge in [-0.3, -0.25) is 0 Å². The lowest BCUT2D eigenvalue weighted by molar-refractivity contribution is 0.205. The third kappa shape index (κ3) is 3.69. The second-order valence-electron chi connectivity index (χ2n) is 5.70. The van der Waals surface area contributed by atoms with Crippen LogP contribution >= 0.6 is 11.6 Å². The van der Waals surface area contributed by atoms with Gasteiger partial charge in [0.2, 0.25) is 0 Å². The molecule has 2 aromatic rings. The molecule has 1 fully saturated rings. The molecule has 112 valence electrons. The van der Waals surface area contributed by atoms with Gasteiger partial charge in [-0.25, -0.2) is 0 Å². The molecule has 0 aliphatic carbocycles. The lowest BCUT2D eigenvalue weighted by atomic mass is 10.1. The van der Waals surface area contributed by atoms with E-state index in [1.165, 1.54) is 32.4 Å². The first-order valence-electron chi connectivity index (χ1n) is 7.87. The van der Waals surface area contributed by atoms with Crippen molar-refractivity contribution in [3.8, 4) is 5.75 Å². The molecule has 0 N–H and O–H groups in total. The minimum absolute atomic E-state index is 0.766. The van der Waals surface area contributed by atoms with Gasteiger partial charge in [-0.15, -0.1) is 0 Å². The summed E-state index contributed by atoms with van der Waals surface area (Å²) in [5.41, 5.74) is 0. The van der Waals surface area contributed by atoms with Crippen molar-refractivity contribution in [1.29, 1.82) is 0 Å². The molecule has 1 saturated heterocycles. The molecule has 2 nitrogen and oxygen atoms in total. The fourth-order valence-corrected chi connectivity index (χ4v) is 3.24. The summed E-state index contributed by atoms with van der Waals surface area (Å²) in [5, 5.41) is 2.95. The minimum atomic E-state index is 0.766. The summed E-state index contributed by atoms with van der Waals surface area (Å²) in [6.45, 7) is 4.42. The van der Waals surface area contributed by atoms with Crippen LogP contribution in [0.3, 0.4) is 0 Å². The second kappa shape index (κ2) is 7.15. The first kappa shape index (κ1) is 14.7. The van der Waals surface area contributed by atoms with E-state index in [0.29, 0.717) is 0 Å². The standard InChI is InChI=1S/C18H22ClNO/c19-17-9-10-18(16-8-3-2-7-15(16)17)21-14-6-13-20-11-4-1-5-12-20/h2-3,7-10H,1,4-6,11-14H2. The Hall–Kier alpha value is -1.25. The number of benzene rings is 2. The van der Waals surface area contributed by atoms with Crippen LogP contribution in [-0.4, -0.2) is 31.1 Å². The van der Waals surface area contributed by atoms with E-state index >= 15 is 0 Å². The van der Waals surface area contributed by atoms with Crippen LogP contribution in [-0.2, 0) is 0 Å². The van der Waals surface area contributed by atoms with Gasteiger partial charge in [-0.05, 0) is 44.5 Å². The Morgan fingerprint density at radius 1 is 0.952 bits per heavy atom. The van der Waals surface area contributed by atoms with Gasteiger partial charge < -0.3 is 9.64 Å². The molecule has 1 aliphatic rings. The highest BCUT2D eigenvalue weighted by Gasteiger charge is 2.09. The maximum Gasteiger partial charge on any atom is 0.127 e. The highest BCUT2D eigenvalue weighted by molar-refractivity contribution is 6.35. The predicted molar refractivity (Wildman–Crippen MR) is 89.4 cm³/mol. The molecule has 2 aromatic carbocycles. The van der Waals surface area contributed by atoms with Gasteiger partial charge in [0.1, 0.15) is 5.75 Å². The van der Waals surface area contributed by atoms with Crippen LogP contribution in [0, 0.1) is 0 Å². The van der Waals surface area contributed by atoms with Crippen LogP contribution in [0.15, 0.2) is 36.4 Å². The van der Waals surface area contributed by atoms with Gasteiger partial charge in [0, 0.05) is 22.3 Å².